The average Bonchev–Trinajstić information content (AvgIpc) is 2.29. The number of carbonyl (C=O) groups excluding carboxylic acids is 1. The Morgan fingerprint density at radius 3 is 3.00 bits per heavy atom. The van der Waals surface area contributed by atoms with Gasteiger partial charge in [-0.1, -0.05) is 0 Å². The van der Waals surface area contributed by atoms with Crippen LogP contribution in [0.15, 0.2) is 12.5 Å². The number of ether oxygens (including phenoxy) is 1. The van der Waals surface area contributed by atoms with Crippen LogP contribution in [0.1, 0.15) is 10.5 Å². The minimum Gasteiger partial charge on any atom is -0.504 e. The van der Waals surface area contributed by atoms with E-state index in [1.807, 2.05) is 0 Å². The van der Waals surface area contributed by atoms with Crippen LogP contribution in [-0.2, 0) is 4.74 Å². The molecule has 0 bridgehead atoms. The third-order valence-electron chi connectivity index (χ3n) is 1.79. The van der Waals surface area contributed by atoms with Gasteiger partial charge in [0.2, 0.25) is 0 Å². The predicted octanol–water partition coefficient (Wildman–Crippen LogP) is -0.0880. The second-order valence-electron chi connectivity index (χ2n) is 2.64. The van der Waals surface area contributed by atoms with Gasteiger partial charge in [-0.2, -0.15) is 0 Å². The molecule has 0 aliphatic rings. The van der Waals surface area contributed by atoms with Crippen molar-refractivity contribution >= 4 is 17.0 Å². The summed E-state index contributed by atoms with van der Waals surface area (Å²) in [4.78, 5) is 18.7. The third kappa shape index (κ3) is 1.43. The molecule has 0 amide bonds. The van der Waals surface area contributed by atoms with Crippen LogP contribution in [0.3, 0.4) is 0 Å². The molecule has 2 rings (SSSR count). The number of esters is 1. The molecule has 7 nitrogen and oxygen atoms in total. The van der Waals surface area contributed by atoms with Gasteiger partial charge < -0.3 is 9.84 Å². The maximum atomic E-state index is 11.2. The number of hydrogen-bond donors (Lipinski definition) is 1. The molecule has 0 saturated heterocycles. The molecule has 0 saturated carbocycles. The van der Waals surface area contributed by atoms with Crippen molar-refractivity contribution in [2.45, 2.75) is 0 Å². The van der Waals surface area contributed by atoms with E-state index in [1.165, 1.54) is 19.6 Å². The fourth-order valence-corrected chi connectivity index (χ4v) is 1.09. The minimum atomic E-state index is -0.736. The highest BCUT2D eigenvalue weighted by molar-refractivity contribution is 5.96. The number of aromatic hydroxyl groups is 1. The van der Waals surface area contributed by atoms with Crippen molar-refractivity contribution in [2.24, 2.45) is 0 Å². The topological polar surface area (TPSA) is 98.1 Å². The minimum absolute atomic E-state index is 0.118. The normalized spacial score (nSPS) is 10.2. The van der Waals surface area contributed by atoms with Crippen LogP contribution in [0.2, 0.25) is 0 Å². The van der Waals surface area contributed by atoms with Crippen LogP contribution in [0.5, 0.6) is 5.75 Å². The van der Waals surface area contributed by atoms with Gasteiger partial charge in [0.15, 0.2) is 17.0 Å². The lowest BCUT2D eigenvalue weighted by Gasteiger charge is -2.02. The van der Waals surface area contributed by atoms with Crippen LogP contribution in [-0.4, -0.2) is 38.4 Å². The lowest BCUT2D eigenvalue weighted by Crippen LogP contribution is -2.05. The first-order valence-electron chi connectivity index (χ1n) is 3.97. The quantitative estimate of drug-likeness (QED) is 0.651. The monoisotopic (exact) mass is 206 g/mol. The molecule has 2 aromatic rings. The first kappa shape index (κ1) is 9.25. The van der Waals surface area contributed by atoms with Crippen LogP contribution in [0.25, 0.3) is 11.0 Å². The van der Waals surface area contributed by atoms with E-state index in [0.717, 1.165) is 0 Å². The van der Waals surface area contributed by atoms with Crippen molar-refractivity contribution in [3.05, 3.63) is 18.2 Å². The van der Waals surface area contributed by atoms with Crippen molar-refractivity contribution in [3.8, 4) is 5.75 Å². The molecule has 0 radical (unpaired) electrons. The first-order valence-corrected chi connectivity index (χ1v) is 3.97. The average molecular weight is 206 g/mol. The molecule has 1 N–H and O–H groups in total. The van der Waals surface area contributed by atoms with Crippen molar-refractivity contribution in [3.63, 3.8) is 0 Å². The Balaban J connectivity index is 2.70. The molecule has 0 fully saturated rings. The molecule has 0 aliphatic heterocycles. The Morgan fingerprint density at radius 2 is 2.27 bits per heavy atom. The smallest absolute Gasteiger partial charge is 0.360 e. The number of methoxy groups -OCH3 is 1. The Kier molecular flexibility index (Phi) is 2.13. The Hall–Kier alpha value is -2.31. The van der Waals surface area contributed by atoms with Crippen LogP contribution >= 0.6 is 0 Å². The second kappa shape index (κ2) is 3.45. The van der Waals surface area contributed by atoms with E-state index < -0.39 is 5.97 Å². The lowest BCUT2D eigenvalue weighted by molar-refractivity contribution is 0.0591. The highest BCUT2D eigenvalue weighted by Gasteiger charge is 2.17. The summed E-state index contributed by atoms with van der Waals surface area (Å²) in [5, 5.41) is 16.8. The molecular weight excluding hydrogens is 200 g/mol. The van der Waals surface area contributed by atoms with E-state index in [2.05, 4.69) is 24.9 Å². The molecule has 15 heavy (non-hydrogen) atoms. The molecule has 0 aliphatic carbocycles. The van der Waals surface area contributed by atoms with Crippen LogP contribution in [0, 0.1) is 0 Å². The van der Waals surface area contributed by atoms with E-state index in [-0.39, 0.29) is 17.0 Å². The Labute approximate surface area is 83.8 Å². The molecule has 0 aromatic carbocycles. The standard InChI is InChI=1S/C8H6N4O3/c1-15-8(14)6-7(13)5-4(2-9-6)10-3-11-12-5/h2-3,13H,1H3. The SMILES string of the molecule is COC(=O)c1ncc2ncnnc2c1O. The number of nitrogens with zero attached hydrogens (tertiary/aromatic N) is 4. The van der Waals surface area contributed by atoms with E-state index in [4.69, 9.17) is 0 Å². The number of carbonyl (C=O) groups is 1. The summed E-state index contributed by atoms with van der Waals surface area (Å²) in [5.74, 6) is -1.11. The number of rotatable bonds is 1. The molecule has 2 aromatic heterocycles. The van der Waals surface area contributed by atoms with Crippen LogP contribution < -0.4 is 0 Å². The number of fused-ring (bicyclic) bond motifs is 1. The lowest BCUT2D eigenvalue weighted by atomic mass is 10.3. The molecule has 7 heteroatoms. The maximum Gasteiger partial charge on any atom is 0.360 e. The zero-order chi connectivity index (χ0) is 10.8. The van der Waals surface area contributed by atoms with Gasteiger partial charge in [-0.15, -0.1) is 10.2 Å². The summed E-state index contributed by atoms with van der Waals surface area (Å²) in [6, 6.07) is 0. The summed E-state index contributed by atoms with van der Waals surface area (Å²) in [5.41, 5.74) is 0.273. The van der Waals surface area contributed by atoms with Gasteiger partial charge >= 0.3 is 5.97 Å². The van der Waals surface area contributed by atoms with E-state index >= 15 is 0 Å². The third-order valence-corrected chi connectivity index (χ3v) is 1.79. The number of hydrogen-bond acceptors (Lipinski definition) is 7. The molecule has 2 heterocycles. The van der Waals surface area contributed by atoms with E-state index in [9.17, 15) is 9.90 Å². The summed E-state index contributed by atoms with van der Waals surface area (Å²) in [6.07, 6.45) is 2.54. The fraction of sp³-hybridized carbons (Fsp3) is 0.125. The van der Waals surface area contributed by atoms with Gasteiger partial charge in [-0.25, -0.2) is 14.8 Å². The van der Waals surface area contributed by atoms with Crippen LogP contribution in [0.4, 0.5) is 0 Å². The van der Waals surface area contributed by atoms with E-state index in [0.29, 0.717) is 5.52 Å². The van der Waals surface area contributed by atoms with Gasteiger partial charge in [0.05, 0.1) is 13.3 Å². The second-order valence-corrected chi connectivity index (χ2v) is 2.64. The maximum absolute atomic E-state index is 11.2. The fourth-order valence-electron chi connectivity index (χ4n) is 1.09. The Morgan fingerprint density at radius 1 is 1.47 bits per heavy atom. The van der Waals surface area contributed by atoms with Crippen molar-refractivity contribution < 1.29 is 14.6 Å². The molecular formula is C8H6N4O3. The summed E-state index contributed by atoms with van der Waals surface area (Å²) < 4.78 is 4.44. The van der Waals surface area contributed by atoms with E-state index in [1.54, 1.807) is 0 Å². The summed E-state index contributed by atoms with van der Waals surface area (Å²) in [6.45, 7) is 0. The zero-order valence-electron chi connectivity index (χ0n) is 7.71. The molecule has 0 atom stereocenters. The van der Waals surface area contributed by atoms with Gasteiger partial charge in [0.1, 0.15) is 11.8 Å². The molecule has 76 valence electrons. The van der Waals surface area contributed by atoms with Gasteiger partial charge in [0, 0.05) is 0 Å². The summed E-state index contributed by atoms with van der Waals surface area (Å²) >= 11 is 0. The van der Waals surface area contributed by atoms with Crippen molar-refractivity contribution in [1.82, 2.24) is 20.2 Å². The zero-order valence-corrected chi connectivity index (χ0v) is 7.71. The first-order chi connectivity index (χ1) is 7.24. The number of aromatic nitrogens is 4. The highest BCUT2D eigenvalue weighted by Crippen LogP contribution is 2.23. The highest BCUT2D eigenvalue weighted by atomic mass is 16.5. The summed E-state index contributed by atoms with van der Waals surface area (Å²) in [7, 11) is 1.20. The van der Waals surface area contributed by atoms with Gasteiger partial charge in [-0.3, -0.25) is 0 Å². The van der Waals surface area contributed by atoms with Gasteiger partial charge in [0.25, 0.3) is 0 Å². The van der Waals surface area contributed by atoms with Gasteiger partial charge in [-0.05, 0) is 0 Å². The largest absolute Gasteiger partial charge is 0.504 e. The predicted molar refractivity (Wildman–Crippen MR) is 48.1 cm³/mol. The van der Waals surface area contributed by atoms with Crippen molar-refractivity contribution in [1.29, 1.82) is 0 Å². The van der Waals surface area contributed by atoms with Crippen molar-refractivity contribution in [2.75, 3.05) is 7.11 Å². The number of pyridine rings is 1. The molecule has 0 unspecified atom stereocenters. The Bertz CT molecular complexity index is 528. The molecule has 0 spiro atoms.